The molecule has 0 saturated heterocycles. The van der Waals surface area contributed by atoms with Gasteiger partial charge in [0.25, 0.3) is 0 Å². The van der Waals surface area contributed by atoms with Gasteiger partial charge in [-0.1, -0.05) is 12.1 Å². The van der Waals surface area contributed by atoms with Crippen LogP contribution in [0.5, 0.6) is 5.75 Å². The van der Waals surface area contributed by atoms with Gasteiger partial charge in [0.2, 0.25) is 5.91 Å². The van der Waals surface area contributed by atoms with Crippen molar-refractivity contribution in [3.8, 4) is 5.75 Å². The van der Waals surface area contributed by atoms with Crippen molar-refractivity contribution in [2.75, 3.05) is 12.4 Å². The van der Waals surface area contributed by atoms with Crippen molar-refractivity contribution < 1.29 is 18.3 Å². The minimum Gasteiger partial charge on any atom is -0.494 e. The Morgan fingerprint density at radius 1 is 1.27 bits per heavy atom. The molecule has 0 atom stereocenters. The average molecular weight is 357 g/mol. The number of fused-ring (bicyclic) bond motifs is 1. The summed E-state index contributed by atoms with van der Waals surface area (Å²) in [4.78, 5) is 20.2. The lowest BCUT2D eigenvalue weighted by Crippen LogP contribution is -2.16. The molecule has 0 unspecified atom stereocenters. The highest BCUT2D eigenvalue weighted by Gasteiger charge is 2.28. The third-order valence-corrected chi connectivity index (χ3v) is 4.47. The first-order valence-corrected chi connectivity index (χ1v) is 8.36. The molecule has 26 heavy (non-hydrogen) atoms. The number of para-hydroxylation sites is 1. The summed E-state index contributed by atoms with van der Waals surface area (Å²) in [6.07, 6.45) is 2.12. The van der Waals surface area contributed by atoms with Crippen LogP contribution in [0.4, 0.5) is 14.5 Å². The fraction of sp³-hybridized carbons (Fsp3) is 0.263. The number of aromatic nitrogens is 2. The van der Waals surface area contributed by atoms with Gasteiger partial charge in [-0.3, -0.25) is 4.79 Å². The number of halogens is 2. The minimum atomic E-state index is -0.811. The van der Waals surface area contributed by atoms with Gasteiger partial charge in [0, 0.05) is 5.92 Å². The minimum absolute atomic E-state index is 0.0524. The number of benzene rings is 2. The normalized spacial score (nSPS) is 13.8. The Hall–Kier alpha value is -2.96. The molecule has 1 aliphatic rings. The maximum atomic E-state index is 13.7. The average Bonchev–Trinajstić information content (AvgIpc) is 3.37. The number of hydrogen-bond acceptors (Lipinski definition) is 3. The van der Waals surface area contributed by atoms with Crippen LogP contribution in [-0.2, 0) is 11.2 Å². The van der Waals surface area contributed by atoms with Gasteiger partial charge in [0.15, 0.2) is 0 Å². The van der Waals surface area contributed by atoms with Crippen LogP contribution < -0.4 is 10.1 Å². The molecule has 1 fully saturated rings. The van der Waals surface area contributed by atoms with Crippen LogP contribution in [0.2, 0.25) is 0 Å². The molecule has 134 valence electrons. The van der Waals surface area contributed by atoms with Crippen molar-refractivity contribution in [2.24, 2.45) is 0 Å². The molecule has 1 heterocycles. The number of carbonyl (C=O) groups is 1. The van der Waals surface area contributed by atoms with E-state index in [1.165, 1.54) is 6.07 Å². The summed E-state index contributed by atoms with van der Waals surface area (Å²) in [7, 11) is 1.57. The number of H-pyrrole nitrogens is 1. The molecular weight excluding hydrogens is 340 g/mol. The lowest BCUT2D eigenvalue weighted by Gasteiger charge is -2.09. The zero-order chi connectivity index (χ0) is 18.3. The van der Waals surface area contributed by atoms with Crippen molar-refractivity contribution in [3.05, 3.63) is 53.4 Å². The van der Waals surface area contributed by atoms with Crippen molar-refractivity contribution >= 4 is 22.6 Å². The number of anilines is 1. The molecule has 0 radical (unpaired) electrons. The monoisotopic (exact) mass is 357 g/mol. The van der Waals surface area contributed by atoms with E-state index in [1.54, 1.807) is 19.2 Å². The highest BCUT2D eigenvalue weighted by atomic mass is 19.1. The molecular formula is C19H17F2N3O2. The van der Waals surface area contributed by atoms with Crippen molar-refractivity contribution in [1.82, 2.24) is 9.97 Å². The van der Waals surface area contributed by atoms with Crippen molar-refractivity contribution in [1.29, 1.82) is 0 Å². The molecule has 3 aromatic rings. The predicted octanol–water partition coefficient (Wildman–Crippen LogP) is 3.91. The standard InChI is InChI=1S/C19H17F2N3O2/c1-26-14-8-7-11(16-18(14)24-19(23-16)10-5-6-10)9-15(25)22-17-12(20)3-2-4-13(17)21/h2-4,7-8,10H,5-6,9H2,1H3,(H,22,25)(H,23,24). The van der Waals surface area contributed by atoms with E-state index in [0.29, 0.717) is 22.7 Å². The lowest BCUT2D eigenvalue weighted by molar-refractivity contribution is -0.115. The number of ether oxygens (including phenoxy) is 1. The predicted molar refractivity (Wildman–Crippen MR) is 93.3 cm³/mol. The highest BCUT2D eigenvalue weighted by Crippen LogP contribution is 2.40. The zero-order valence-corrected chi connectivity index (χ0v) is 14.1. The van der Waals surface area contributed by atoms with Gasteiger partial charge in [-0.2, -0.15) is 0 Å². The Kier molecular flexibility index (Phi) is 4.06. The summed E-state index contributed by atoms with van der Waals surface area (Å²) in [5.74, 6) is -0.198. The first-order valence-electron chi connectivity index (χ1n) is 8.36. The highest BCUT2D eigenvalue weighted by molar-refractivity contribution is 5.96. The van der Waals surface area contributed by atoms with Crippen molar-refractivity contribution in [3.63, 3.8) is 0 Å². The smallest absolute Gasteiger partial charge is 0.229 e. The number of amides is 1. The second-order valence-electron chi connectivity index (χ2n) is 6.37. The summed E-state index contributed by atoms with van der Waals surface area (Å²) in [5.41, 5.74) is 1.60. The van der Waals surface area contributed by atoms with Crippen LogP contribution in [-0.4, -0.2) is 23.0 Å². The molecule has 4 rings (SSSR count). The summed E-state index contributed by atoms with van der Waals surface area (Å²) in [6, 6.07) is 6.94. The van der Waals surface area contributed by atoms with Gasteiger partial charge in [-0.25, -0.2) is 13.8 Å². The van der Waals surface area contributed by atoms with Crippen LogP contribution in [0.1, 0.15) is 30.1 Å². The van der Waals surface area contributed by atoms with E-state index in [4.69, 9.17) is 4.74 Å². The number of nitrogens with one attached hydrogen (secondary N) is 2. The fourth-order valence-corrected chi connectivity index (χ4v) is 2.98. The van der Waals surface area contributed by atoms with Gasteiger partial charge in [-0.05, 0) is 36.6 Å². The Morgan fingerprint density at radius 3 is 2.65 bits per heavy atom. The number of carbonyl (C=O) groups excluding carboxylic acids is 1. The van der Waals surface area contributed by atoms with Crippen LogP contribution in [0.25, 0.3) is 11.0 Å². The largest absolute Gasteiger partial charge is 0.494 e. The Labute approximate surface area is 148 Å². The van der Waals surface area contributed by atoms with Crippen LogP contribution in [0, 0.1) is 11.6 Å². The van der Waals surface area contributed by atoms with Gasteiger partial charge < -0.3 is 15.0 Å². The molecule has 1 aliphatic carbocycles. The quantitative estimate of drug-likeness (QED) is 0.728. The number of aromatic amines is 1. The number of nitrogens with zero attached hydrogens (tertiary/aromatic N) is 1. The second-order valence-corrected chi connectivity index (χ2v) is 6.37. The van der Waals surface area contributed by atoms with E-state index in [9.17, 15) is 13.6 Å². The topological polar surface area (TPSA) is 67.0 Å². The van der Waals surface area contributed by atoms with Gasteiger partial charge in [0.05, 0.1) is 19.0 Å². The molecule has 2 N–H and O–H groups in total. The summed E-state index contributed by atoms with van der Waals surface area (Å²) in [6.45, 7) is 0. The summed E-state index contributed by atoms with van der Waals surface area (Å²) in [5, 5.41) is 2.30. The number of imidazole rings is 1. The lowest BCUT2D eigenvalue weighted by atomic mass is 10.1. The van der Waals surface area contributed by atoms with Gasteiger partial charge in [0.1, 0.15) is 34.4 Å². The van der Waals surface area contributed by atoms with Crippen LogP contribution in [0.15, 0.2) is 30.3 Å². The van der Waals surface area contributed by atoms with Crippen molar-refractivity contribution in [2.45, 2.75) is 25.2 Å². The molecule has 2 aromatic carbocycles. The third-order valence-electron chi connectivity index (χ3n) is 4.47. The Balaban J connectivity index is 1.63. The number of rotatable bonds is 5. The number of hydrogen-bond donors (Lipinski definition) is 2. The van der Waals surface area contributed by atoms with E-state index in [0.717, 1.165) is 36.3 Å². The van der Waals surface area contributed by atoms with E-state index in [2.05, 4.69) is 15.3 Å². The molecule has 1 aromatic heterocycles. The number of methoxy groups -OCH3 is 1. The molecule has 1 amide bonds. The second kappa shape index (κ2) is 6.40. The fourth-order valence-electron chi connectivity index (χ4n) is 2.98. The first-order chi connectivity index (χ1) is 12.6. The molecule has 0 bridgehead atoms. The van der Waals surface area contributed by atoms with E-state index < -0.39 is 23.2 Å². The Morgan fingerprint density at radius 2 is 2.00 bits per heavy atom. The van der Waals surface area contributed by atoms with Gasteiger partial charge >= 0.3 is 0 Å². The van der Waals surface area contributed by atoms with Gasteiger partial charge in [-0.15, -0.1) is 0 Å². The maximum Gasteiger partial charge on any atom is 0.229 e. The first kappa shape index (κ1) is 16.5. The summed E-state index contributed by atoms with van der Waals surface area (Å²) < 4.78 is 32.8. The summed E-state index contributed by atoms with van der Waals surface area (Å²) >= 11 is 0. The van der Waals surface area contributed by atoms with E-state index in [-0.39, 0.29) is 6.42 Å². The van der Waals surface area contributed by atoms with E-state index in [1.807, 2.05) is 0 Å². The zero-order valence-electron chi connectivity index (χ0n) is 14.1. The Bertz CT molecular complexity index is 976. The van der Waals surface area contributed by atoms with Crippen LogP contribution in [0.3, 0.4) is 0 Å². The van der Waals surface area contributed by atoms with Crippen LogP contribution >= 0.6 is 0 Å². The molecule has 0 spiro atoms. The molecule has 5 nitrogen and oxygen atoms in total. The van der Waals surface area contributed by atoms with E-state index >= 15 is 0 Å². The SMILES string of the molecule is COc1ccc(CC(=O)Nc2c(F)cccc2F)c2nc(C3CC3)[nH]c12. The molecule has 0 aliphatic heterocycles. The molecule has 7 heteroatoms. The molecule has 1 saturated carbocycles. The maximum absolute atomic E-state index is 13.7. The third kappa shape index (κ3) is 3.00.